The molecule has 0 fully saturated rings. The number of allylic oxidation sites excluding steroid dienone is 1. The van der Waals surface area contributed by atoms with Gasteiger partial charge in [0.1, 0.15) is 0 Å². The van der Waals surface area contributed by atoms with Gasteiger partial charge < -0.3 is 4.42 Å². The van der Waals surface area contributed by atoms with Crippen molar-refractivity contribution in [1.29, 1.82) is 0 Å². The first-order chi connectivity index (χ1) is 10.8. The van der Waals surface area contributed by atoms with Crippen molar-refractivity contribution in [2.24, 2.45) is 4.99 Å². The highest BCUT2D eigenvalue weighted by atomic mass is 16.3. The lowest BCUT2D eigenvalue weighted by molar-refractivity contribution is 0.0895. The molecule has 0 amide bonds. The maximum Gasteiger partial charge on any atom is 0.233 e. The second-order valence-electron chi connectivity index (χ2n) is 5.27. The van der Waals surface area contributed by atoms with Gasteiger partial charge in [0, 0.05) is 6.21 Å². The smallest absolute Gasteiger partial charge is 0.233 e. The molecule has 106 valence electrons. The highest BCUT2D eigenvalue weighted by Gasteiger charge is 2.40. The van der Waals surface area contributed by atoms with Crippen LogP contribution in [-0.4, -0.2) is 12.0 Å². The van der Waals surface area contributed by atoms with Crippen LogP contribution in [0.15, 0.2) is 82.4 Å². The summed E-state index contributed by atoms with van der Waals surface area (Å²) in [6.45, 7) is 0. The number of benzene rings is 2. The van der Waals surface area contributed by atoms with E-state index in [1.165, 1.54) is 6.26 Å². The largest absolute Gasteiger partial charge is 0.461 e. The molecule has 0 spiro atoms. The second kappa shape index (κ2) is 4.81. The molecule has 0 saturated carbocycles. The Hall–Kier alpha value is -2.94. The lowest BCUT2D eigenvalue weighted by Crippen LogP contribution is -2.30. The van der Waals surface area contributed by atoms with Crippen molar-refractivity contribution in [3.05, 3.63) is 84.3 Å². The molecule has 0 aliphatic carbocycles. The fourth-order valence-corrected chi connectivity index (χ4v) is 2.84. The molecule has 2 heterocycles. The SMILES string of the molecule is O=C(c1ccco1)C1(c2ccc3ccccc3c2)C=CC=N1. The quantitative estimate of drug-likeness (QED) is 0.679. The Morgan fingerprint density at radius 3 is 2.59 bits per heavy atom. The molecule has 1 aliphatic heterocycles. The van der Waals surface area contributed by atoms with E-state index in [0.717, 1.165) is 16.3 Å². The summed E-state index contributed by atoms with van der Waals surface area (Å²) in [4.78, 5) is 17.4. The molecule has 1 aliphatic rings. The van der Waals surface area contributed by atoms with Crippen molar-refractivity contribution in [1.82, 2.24) is 0 Å². The van der Waals surface area contributed by atoms with E-state index in [0.29, 0.717) is 5.76 Å². The number of nitrogens with zero attached hydrogens (tertiary/aromatic N) is 1. The third kappa shape index (κ3) is 1.83. The van der Waals surface area contributed by atoms with E-state index in [2.05, 4.69) is 4.99 Å². The molecule has 0 saturated heterocycles. The Morgan fingerprint density at radius 1 is 1.00 bits per heavy atom. The molecule has 3 heteroatoms. The summed E-state index contributed by atoms with van der Waals surface area (Å²) in [7, 11) is 0. The van der Waals surface area contributed by atoms with Crippen LogP contribution in [0.1, 0.15) is 16.1 Å². The Labute approximate surface area is 127 Å². The summed E-state index contributed by atoms with van der Waals surface area (Å²) in [6.07, 6.45) is 6.79. The van der Waals surface area contributed by atoms with Crippen LogP contribution in [0, 0.1) is 0 Å². The van der Waals surface area contributed by atoms with Gasteiger partial charge in [-0.3, -0.25) is 9.79 Å². The lowest BCUT2D eigenvalue weighted by atomic mass is 9.84. The van der Waals surface area contributed by atoms with Crippen molar-refractivity contribution < 1.29 is 9.21 Å². The molecule has 0 bridgehead atoms. The maximum atomic E-state index is 12.9. The molecule has 1 unspecified atom stereocenters. The molecular weight excluding hydrogens is 274 g/mol. The van der Waals surface area contributed by atoms with Gasteiger partial charge in [0.25, 0.3) is 0 Å². The van der Waals surface area contributed by atoms with Gasteiger partial charge in [-0.25, -0.2) is 0 Å². The summed E-state index contributed by atoms with van der Waals surface area (Å²) >= 11 is 0. The van der Waals surface area contributed by atoms with Gasteiger partial charge in [0.2, 0.25) is 5.78 Å². The number of furan rings is 1. The highest BCUT2D eigenvalue weighted by molar-refractivity contribution is 6.06. The van der Waals surface area contributed by atoms with E-state index >= 15 is 0 Å². The number of hydrogen-bond donors (Lipinski definition) is 0. The summed E-state index contributed by atoms with van der Waals surface area (Å²) in [5.41, 5.74) is -0.181. The Morgan fingerprint density at radius 2 is 1.86 bits per heavy atom. The first kappa shape index (κ1) is 12.8. The van der Waals surface area contributed by atoms with E-state index in [4.69, 9.17) is 4.42 Å². The van der Waals surface area contributed by atoms with Crippen molar-refractivity contribution in [2.45, 2.75) is 5.54 Å². The first-order valence-electron chi connectivity index (χ1n) is 7.10. The Bertz CT molecular complexity index is 892. The van der Waals surface area contributed by atoms with E-state index < -0.39 is 5.54 Å². The molecule has 4 rings (SSSR count). The summed E-state index contributed by atoms with van der Waals surface area (Å²) in [6, 6.07) is 17.4. The average Bonchev–Trinajstić information content (AvgIpc) is 3.26. The fourth-order valence-electron chi connectivity index (χ4n) is 2.84. The zero-order chi connectivity index (χ0) is 15.0. The van der Waals surface area contributed by atoms with Gasteiger partial charge in [-0.1, -0.05) is 36.4 Å². The third-order valence-corrected chi connectivity index (χ3v) is 3.98. The molecule has 3 nitrogen and oxygen atoms in total. The maximum absolute atomic E-state index is 12.9. The van der Waals surface area contributed by atoms with Gasteiger partial charge in [-0.05, 0) is 46.7 Å². The average molecular weight is 287 g/mol. The molecule has 0 N–H and O–H groups in total. The van der Waals surface area contributed by atoms with Gasteiger partial charge in [-0.15, -0.1) is 0 Å². The Balaban J connectivity index is 1.90. The van der Waals surface area contributed by atoms with Crippen LogP contribution in [0.2, 0.25) is 0 Å². The Kier molecular flexibility index (Phi) is 2.79. The molecular formula is C19H13NO2. The normalized spacial score (nSPS) is 19.8. The number of rotatable bonds is 3. The van der Waals surface area contributed by atoms with Crippen molar-refractivity contribution >= 4 is 22.8 Å². The molecule has 3 aromatic rings. The fraction of sp³-hybridized carbons (Fsp3) is 0.0526. The number of carbonyl (C=O) groups excluding carboxylic acids is 1. The van der Waals surface area contributed by atoms with Gasteiger partial charge >= 0.3 is 0 Å². The molecule has 1 aromatic heterocycles. The van der Waals surface area contributed by atoms with Crippen LogP contribution in [0.25, 0.3) is 10.8 Å². The topological polar surface area (TPSA) is 42.6 Å². The standard InChI is InChI=1S/C19H13NO2/c21-18(17-7-3-12-22-17)19(10-4-11-20-19)16-9-8-14-5-1-2-6-15(14)13-16/h1-13H. The summed E-state index contributed by atoms with van der Waals surface area (Å²) < 4.78 is 5.28. The van der Waals surface area contributed by atoms with Gasteiger partial charge in [-0.2, -0.15) is 0 Å². The van der Waals surface area contributed by atoms with Crippen molar-refractivity contribution in [2.75, 3.05) is 0 Å². The highest BCUT2D eigenvalue weighted by Crippen LogP contribution is 2.35. The number of Topliss-reactive ketones (excluding diaryl/α,β-unsaturated/α-hetero) is 1. The minimum absolute atomic E-state index is 0.155. The third-order valence-electron chi connectivity index (χ3n) is 3.98. The van der Waals surface area contributed by atoms with E-state index in [1.54, 1.807) is 24.4 Å². The molecule has 22 heavy (non-hydrogen) atoms. The predicted octanol–water partition coefficient (Wildman–Crippen LogP) is 4.15. The van der Waals surface area contributed by atoms with Gasteiger partial charge in [0.15, 0.2) is 11.3 Å². The van der Waals surface area contributed by atoms with Crippen LogP contribution < -0.4 is 0 Å². The van der Waals surface area contributed by atoms with Crippen molar-refractivity contribution in [3.8, 4) is 0 Å². The molecule has 2 aromatic carbocycles. The van der Waals surface area contributed by atoms with E-state index in [-0.39, 0.29) is 5.78 Å². The zero-order valence-corrected chi connectivity index (χ0v) is 11.8. The van der Waals surface area contributed by atoms with E-state index in [1.807, 2.05) is 48.5 Å². The predicted molar refractivity (Wildman–Crippen MR) is 86.3 cm³/mol. The lowest BCUT2D eigenvalue weighted by Gasteiger charge is -2.22. The number of ketones is 1. The minimum Gasteiger partial charge on any atom is -0.461 e. The summed E-state index contributed by atoms with van der Waals surface area (Å²) in [5.74, 6) is 0.162. The van der Waals surface area contributed by atoms with Crippen LogP contribution >= 0.6 is 0 Å². The van der Waals surface area contributed by atoms with Gasteiger partial charge in [0.05, 0.1) is 6.26 Å². The second-order valence-corrected chi connectivity index (χ2v) is 5.27. The van der Waals surface area contributed by atoms with E-state index in [9.17, 15) is 4.79 Å². The number of aliphatic imine (C=N–C) groups is 1. The monoisotopic (exact) mass is 287 g/mol. The van der Waals surface area contributed by atoms with Crippen LogP contribution in [-0.2, 0) is 5.54 Å². The van der Waals surface area contributed by atoms with Crippen LogP contribution in [0.4, 0.5) is 0 Å². The van der Waals surface area contributed by atoms with Crippen LogP contribution in [0.5, 0.6) is 0 Å². The molecule has 1 atom stereocenters. The molecule has 0 radical (unpaired) electrons. The zero-order valence-electron chi connectivity index (χ0n) is 11.8. The number of fused-ring (bicyclic) bond motifs is 1. The van der Waals surface area contributed by atoms with Crippen LogP contribution in [0.3, 0.4) is 0 Å². The summed E-state index contributed by atoms with van der Waals surface area (Å²) in [5, 5.41) is 2.22. The number of carbonyl (C=O) groups is 1. The number of hydrogen-bond acceptors (Lipinski definition) is 3. The first-order valence-corrected chi connectivity index (χ1v) is 7.10. The van der Waals surface area contributed by atoms with Crippen molar-refractivity contribution in [3.63, 3.8) is 0 Å². The minimum atomic E-state index is -1.03.